The zero-order valence-corrected chi connectivity index (χ0v) is 12.0. The Balaban J connectivity index is 1.49. The minimum absolute atomic E-state index is 0.0761. The van der Waals surface area contributed by atoms with Gasteiger partial charge in [0, 0.05) is 29.8 Å². The summed E-state index contributed by atoms with van der Waals surface area (Å²) in [5.74, 6) is 1.19. The summed E-state index contributed by atoms with van der Waals surface area (Å²) in [4.78, 5) is 16.1. The molecule has 1 N–H and O–H groups in total. The first kappa shape index (κ1) is 13.3. The van der Waals surface area contributed by atoms with Gasteiger partial charge in [-0.1, -0.05) is 18.0 Å². The minimum Gasteiger partial charge on any atom is -0.353 e. The van der Waals surface area contributed by atoms with E-state index in [0.29, 0.717) is 30.6 Å². The van der Waals surface area contributed by atoms with Crippen molar-refractivity contribution in [2.45, 2.75) is 44.6 Å². The third kappa shape index (κ3) is 3.25. The monoisotopic (exact) mass is 291 g/mol. The number of nitrogens with zero attached hydrogens (tertiary/aromatic N) is 2. The molecule has 1 fully saturated rings. The first-order chi connectivity index (χ1) is 9.81. The molecular weight excluding hydrogens is 274 g/mol. The van der Waals surface area contributed by atoms with Crippen LogP contribution in [-0.4, -0.2) is 22.1 Å². The van der Waals surface area contributed by atoms with E-state index >= 15 is 0 Å². The van der Waals surface area contributed by atoms with Gasteiger partial charge in [-0.2, -0.15) is 16.3 Å². The number of carbonyl (C=O) groups is 1. The molecule has 0 spiro atoms. The topological polar surface area (TPSA) is 68.0 Å². The highest BCUT2D eigenvalue weighted by Gasteiger charge is 2.17. The number of hydrogen-bond donors (Lipinski definition) is 1. The predicted octanol–water partition coefficient (Wildman–Crippen LogP) is 2.79. The van der Waals surface area contributed by atoms with Gasteiger partial charge in [0.15, 0.2) is 0 Å². The maximum absolute atomic E-state index is 11.8. The molecule has 1 saturated carbocycles. The van der Waals surface area contributed by atoms with Crippen LogP contribution in [0.2, 0.25) is 0 Å². The highest BCUT2D eigenvalue weighted by atomic mass is 32.1. The second-order valence-corrected chi connectivity index (χ2v) is 5.85. The maximum atomic E-state index is 11.8. The lowest BCUT2D eigenvalue weighted by molar-refractivity contribution is -0.121. The van der Waals surface area contributed by atoms with Gasteiger partial charge in [0.05, 0.1) is 0 Å². The molecule has 3 rings (SSSR count). The summed E-state index contributed by atoms with van der Waals surface area (Å²) in [6, 6.07) is 2.32. The van der Waals surface area contributed by atoms with Crippen molar-refractivity contribution < 1.29 is 9.32 Å². The Morgan fingerprint density at radius 1 is 1.45 bits per heavy atom. The number of hydrogen-bond acceptors (Lipinski definition) is 5. The Kier molecular flexibility index (Phi) is 4.11. The number of carbonyl (C=O) groups excluding carboxylic acids is 1. The van der Waals surface area contributed by atoms with Crippen molar-refractivity contribution in [1.82, 2.24) is 15.5 Å². The molecule has 1 aliphatic carbocycles. The average molecular weight is 291 g/mol. The van der Waals surface area contributed by atoms with Gasteiger partial charge in [0.2, 0.25) is 17.6 Å². The van der Waals surface area contributed by atoms with Crippen molar-refractivity contribution >= 4 is 17.2 Å². The quantitative estimate of drug-likeness (QED) is 0.919. The van der Waals surface area contributed by atoms with Crippen LogP contribution in [-0.2, 0) is 11.2 Å². The molecule has 0 radical (unpaired) electrons. The molecule has 2 heterocycles. The summed E-state index contributed by atoms with van der Waals surface area (Å²) in [6.45, 7) is 0. The van der Waals surface area contributed by atoms with Crippen molar-refractivity contribution in [3.8, 4) is 11.4 Å². The summed E-state index contributed by atoms with van der Waals surface area (Å²) in [5, 5.41) is 10.9. The fourth-order valence-electron chi connectivity index (χ4n) is 2.46. The van der Waals surface area contributed by atoms with E-state index in [1.165, 1.54) is 12.8 Å². The Morgan fingerprint density at radius 2 is 2.30 bits per heavy atom. The smallest absolute Gasteiger partial charge is 0.227 e. The Labute approximate surface area is 121 Å². The SMILES string of the molecule is O=C(CCc1nc(-c2ccsc2)no1)NC1CCCC1. The van der Waals surface area contributed by atoms with Gasteiger partial charge in [0.25, 0.3) is 0 Å². The van der Waals surface area contributed by atoms with Gasteiger partial charge < -0.3 is 9.84 Å². The van der Waals surface area contributed by atoms with Gasteiger partial charge in [-0.15, -0.1) is 0 Å². The lowest BCUT2D eigenvalue weighted by Crippen LogP contribution is -2.32. The van der Waals surface area contributed by atoms with E-state index in [0.717, 1.165) is 18.4 Å². The van der Waals surface area contributed by atoms with E-state index in [9.17, 15) is 4.79 Å². The maximum Gasteiger partial charge on any atom is 0.227 e. The highest BCUT2D eigenvalue weighted by Crippen LogP contribution is 2.19. The summed E-state index contributed by atoms with van der Waals surface area (Å²) < 4.78 is 5.17. The average Bonchev–Trinajstić information content (AvgIpc) is 3.18. The second kappa shape index (κ2) is 6.17. The van der Waals surface area contributed by atoms with E-state index in [1.807, 2.05) is 16.8 Å². The van der Waals surface area contributed by atoms with Gasteiger partial charge in [-0.3, -0.25) is 4.79 Å². The number of aryl methyl sites for hydroxylation is 1. The van der Waals surface area contributed by atoms with E-state index in [4.69, 9.17) is 4.52 Å². The molecule has 106 valence electrons. The van der Waals surface area contributed by atoms with Crippen LogP contribution in [0.3, 0.4) is 0 Å². The van der Waals surface area contributed by atoms with Crippen LogP contribution in [0.1, 0.15) is 38.0 Å². The van der Waals surface area contributed by atoms with Crippen LogP contribution in [0, 0.1) is 0 Å². The van der Waals surface area contributed by atoms with Gasteiger partial charge in [-0.05, 0) is 24.3 Å². The molecular formula is C14H17N3O2S. The lowest BCUT2D eigenvalue weighted by Gasteiger charge is -2.10. The van der Waals surface area contributed by atoms with Crippen LogP contribution in [0.5, 0.6) is 0 Å². The van der Waals surface area contributed by atoms with Gasteiger partial charge >= 0.3 is 0 Å². The summed E-state index contributed by atoms with van der Waals surface area (Å²) >= 11 is 1.59. The van der Waals surface area contributed by atoms with Crippen LogP contribution < -0.4 is 5.32 Å². The normalized spacial score (nSPS) is 15.6. The Morgan fingerprint density at radius 3 is 3.05 bits per heavy atom. The Hall–Kier alpha value is -1.69. The third-order valence-electron chi connectivity index (χ3n) is 3.53. The van der Waals surface area contributed by atoms with Crippen LogP contribution in [0.4, 0.5) is 0 Å². The molecule has 1 amide bonds. The van der Waals surface area contributed by atoms with Crippen LogP contribution in [0.15, 0.2) is 21.3 Å². The molecule has 0 aromatic carbocycles. The van der Waals surface area contributed by atoms with E-state index in [1.54, 1.807) is 11.3 Å². The predicted molar refractivity (Wildman–Crippen MR) is 76.3 cm³/mol. The van der Waals surface area contributed by atoms with Gasteiger partial charge in [-0.25, -0.2) is 0 Å². The molecule has 0 saturated heterocycles. The van der Waals surface area contributed by atoms with Crippen molar-refractivity contribution in [3.05, 3.63) is 22.7 Å². The zero-order chi connectivity index (χ0) is 13.8. The number of rotatable bonds is 5. The standard InChI is InChI=1S/C14H17N3O2S/c18-12(15-11-3-1-2-4-11)5-6-13-16-14(17-19-13)10-7-8-20-9-10/h7-9,11H,1-6H2,(H,15,18). The summed E-state index contributed by atoms with van der Waals surface area (Å²) in [7, 11) is 0. The van der Waals surface area contributed by atoms with Crippen molar-refractivity contribution in [1.29, 1.82) is 0 Å². The van der Waals surface area contributed by atoms with Crippen LogP contribution >= 0.6 is 11.3 Å². The summed E-state index contributed by atoms with van der Waals surface area (Å²) in [6.07, 6.45) is 5.55. The molecule has 0 unspecified atom stereocenters. The van der Waals surface area contributed by atoms with E-state index < -0.39 is 0 Å². The molecule has 2 aromatic heterocycles. The third-order valence-corrected chi connectivity index (χ3v) is 4.22. The molecule has 0 bridgehead atoms. The number of aromatic nitrogens is 2. The molecule has 2 aromatic rings. The highest BCUT2D eigenvalue weighted by molar-refractivity contribution is 7.08. The largest absolute Gasteiger partial charge is 0.353 e. The molecule has 0 atom stereocenters. The van der Waals surface area contributed by atoms with Crippen molar-refractivity contribution in [2.75, 3.05) is 0 Å². The second-order valence-electron chi connectivity index (χ2n) is 5.07. The minimum atomic E-state index is 0.0761. The molecule has 5 nitrogen and oxygen atoms in total. The fraction of sp³-hybridized carbons (Fsp3) is 0.500. The summed E-state index contributed by atoms with van der Waals surface area (Å²) in [5.41, 5.74) is 0.959. The molecule has 1 aliphatic rings. The van der Waals surface area contributed by atoms with Crippen molar-refractivity contribution in [2.24, 2.45) is 0 Å². The molecule has 20 heavy (non-hydrogen) atoms. The number of thiophene rings is 1. The fourth-order valence-corrected chi connectivity index (χ4v) is 3.09. The molecule has 6 heteroatoms. The van der Waals surface area contributed by atoms with Gasteiger partial charge in [0.1, 0.15) is 0 Å². The first-order valence-corrected chi connectivity index (χ1v) is 7.90. The van der Waals surface area contributed by atoms with E-state index in [2.05, 4.69) is 15.5 Å². The lowest BCUT2D eigenvalue weighted by atomic mass is 10.2. The Bertz CT molecular complexity index is 559. The molecule has 0 aliphatic heterocycles. The number of amides is 1. The van der Waals surface area contributed by atoms with Crippen molar-refractivity contribution in [3.63, 3.8) is 0 Å². The number of nitrogens with one attached hydrogen (secondary N) is 1. The van der Waals surface area contributed by atoms with Crippen LogP contribution in [0.25, 0.3) is 11.4 Å². The first-order valence-electron chi connectivity index (χ1n) is 6.96. The zero-order valence-electron chi connectivity index (χ0n) is 11.2. The van der Waals surface area contributed by atoms with E-state index in [-0.39, 0.29) is 5.91 Å².